The number of nitrogens with one attached hydrogen (secondary N) is 1. The number of benzene rings is 2. The zero-order valence-corrected chi connectivity index (χ0v) is 30.9. The van der Waals surface area contributed by atoms with Gasteiger partial charge in [-0.1, -0.05) is 5.21 Å². The highest BCUT2D eigenvalue weighted by atomic mass is 127. The SMILES string of the molecule is CCN(CC)c1ccc2cc(/C=C/c3cc(N4CCN(C)CC4)c4cc(F)c(NCc5cn(CCC(=O)O)nn5)cc4[n+]3C)c(=O)oc2c1.[I-]. The van der Waals surface area contributed by atoms with E-state index in [4.69, 9.17) is 9.52 Å². The van der Waals surface area contributed by atoms with E-state index < -0.39 is 17.4 Å². The van der Waals surface area contributed by atoms with Crippen molar-refractivity contribution in [1.29, 1.82) is 0 Å². The van der Waals surface area contributed by atoms with E-state index in [0.29, 0.717) is 22.5 Å². The van der Waals surface area contributed by atoms with Gasteiger partial charge in [-0.2, -0.15) is 4.57 Å². The predicted octanol–water partition coefficient (Wildman–Crippen LogP) is 1.36. The van der Waals surface area contributed by atoms with Gasteiger partial charge in [0.25, 0.3) is 0 Å². The third-order valence-corrected chi connectivity index (χ3v) is 9.15. The monoisotopic (exact) mass is 796 g/mol. The standard InChI is InChI=1S/C36H41FN8O4.HI/c1-5-43(6-2)28-10-7-24-17-25(36(48)49-34(24)19-28)8-9-27-18-33(44-15-13-41(3)14-16-44)29-20-30(37)31(21-32(29)42(27)4)38-22-26-23-45(40-39-26)12-11-35(46)47;/h7-10,17-21,23H,5-6,11-16,22H2,1-4H3,(H,46,47);1H/b9-8+;. The number of carboxylic acids is 1. The molecule has 264 valence electrons. The lowest BCUT2D eigenvalue weighted by molar-refractivity contribution is -0.646. The van der Waals surface area contributed by atoms with Crippen LogP contribution in [-0.2, 0) is 24.9 Å². The number of fused-ring (bicyclic) bond motifs is 2. The molecule has 1 aliphatic heterocycles. The van der Waals surface area contributed by atoms with Gasteiger partial charge in [0, 0.05) is 74.6 Å². The zero-order valence-electron chi connectivity index (χ0n) is 28.7. The van der Waals surface area contributed by atoms with Crippen LogP contribution in [0.15, 0.2) is 57.9 Å². The molecule has 1 fully saturated rings. The van der Waals surface area contributed by atoms with Crippen LogP contribution >= 0.6 is 0 Å². The number of carbonyl (C=O) groups is 1. The summed E-state index contributed by atoms with van der Waals surface area (Å²) in [5.74, 6) is -1.32. The Morgan fingerprint density at radius 2 is 1.86 bits per heavy atom. The number of halogens is 2. The Hall–Kier alpha value is -4.57. The topological polar surface area (TPSA) is 124 Å². The van der Waals surface area contributed by atoms with Gasteiger partial charge in [0.05, 0.1) is 48.0 Å². The molecule has 0 spiro atoms. The van der Waals surface area contributed by atoms with E-state index in [1.54, 1.807) is 24.4 Å². The maximum absolute atomic E-state index is 15.7. The van der Waals surface area contributed by atoms with Crippen LogP contribution in [-0.4, -0.2) is 77.3 Å². The number of aryl methyl sites for hydroxylation is 2. The molecule has 14 heteroatoms. The van der Waals surface area contributed by atoms with Crippen molar-refractivity contribution in [3.8, 4) is 0 Å². The lowest BCUT2D eigenvalue weighted by Crippen LogP contribution is -3.00. The van der Waals surface area contributed by atoms with Crippen molar-refractivity contribution in [1.82, 2.24) is 19.9 Å². The molecule has 3 aromatic heterocycles. The van der Waals surface area contributed by atoms with Crippen molar-refractivity contribution in [2.75, 3.05) is 61.4 Å². The second-order valence-corrected chi connectivity index (χ2v) is 12.3. The highest BCUT2D eigenvalue weighted by Crippen LogP contribution is 2.31. The first-order valence-corrected chi connectivity index (χ1v) is 16.6. The first-order valence-electron chi connectivity index (χ1n) is 16.6. The minimum Gasteiger partial charge on any atom is -1.00 e. The average Bonchev–Trinajstić information content (AvgIpc) is 3.55. The van der Waals surface area contributed by atoms with Gasteiger partial charge in [-0.05, 0) is 51.2 Å². The summed E-state index contributed by atoms with van der Waals surface area (Å²) in [6.45, 7) is 9.67. The molecule has 1 saturated heterocycles. The van der Waals surface area contributed by atoms with E-state index in [2.05, 4.69) is 51.2 Å². The summed E-state index contributed by atoms with van der Waals surface area (Å²) in [4.78, 5) is 30.8. The average molecular weight is 797 g/mol. The lowest BCUT2D eigenvalue weighted by Gasteiger charge is -2.34. The normalized spacial score (nSPS) is 13.7. The van der Waals surface area contributed by atoms with E-state index in [0.717, 1.165) is 72.6 Å². The number of likely N-dealkylation sites (N-methyl/N-ethyl adjacent to an activating group) is 1. The smallest absolute Gasteiger partial charge is 0.343 e. The van der Waals surface area contributed by atoms with Crippen LogP contribution in [0.25, 0.3) is 34.0 Å². The first-order chi connectivity index (χ1) is 23.6. The van der Waals surface area contributed by atoms with Crippen LogP contribution in [0.2, 0.25) is 0 Å². The summed E-state index contributed by atoms with van der Waals surface area (Å²) in [6.07, 6.45) is 5.25. The Bertz CT molecular complexity index is 2090. The number of rotatable bonds is 12. The van der Waals surface area contributed by atoms with Crippen LogP contribution < -0.4 is 49.3 Å². The number of hydrogen-bond donors (Lipinski definition) is 2. The molecular weight excluding hydrogens is 754 g/mol. The lowest BCUT2D eigenvalue weighted by atomic mass is 10.1. The molecule has 0 aliphatic carbocycles. The van der Waals surface area contributed by atoms with Gasteiger partial charge in [-0.15, -0.1) is 5.10 Å². The predicted molar refractivity (Wildman–Crippen MR) is 189 cm³/mol. The molecule has 5 aromatic rings. The van der Waals surface area contributed by atoms with E-state index in [1.807, 2.05) is 48.0 Å². The Balaban J connectivity index is 0.00000486. The van der Waals surface area contributed by atoms with Crippen molar-refractivity contribution >= 4 is 57.1 Å². The Morgan fingerprint density at radius 1 is 1.10 bits per heavy atom. The molecule has 2 aromatic carbocycles. The number of nitrogens with zero attached hydrogens (tertiary/aromatic N) is 7. The van der Waals surface area contributed by atoms with Crippen LogP contribution in [0.1, 0.15) is 37.2 Å². The highest BCUT2D eigenvalue weighted by Gasteiger charge is 2.24. The maximum atomic E-state index is 15.7. The molecule has 0 saturated carbocycles. The summed E-state index contributed by atoms with van der Waals surface area (Å²) in [5.41, 5.74) is 4.98. The molecule has 0 unspecified atom stereocenters. The molecule has 50 heavy (non-hydrogen) atoms. The molecule has 0 radical (unpaired) electrons. The van der Waals surface area contributed by atoms with Crippen molar-refractivity contribution in [2.24, 2.45) is 7.05 Å². The van der Waals surface area contributed by atoms with Gasteiger partial charge in [0.1, 0.15) is 24.1 Å². The molecule has 0 atom stereocenters. The number of carboxylic acid groups (broad SMARTS) is 1. The summed E-state index contributed by atoms with van der Waals surface area (Å²) in [7, 11) is 4.01. The summed E-state index contributed by atoms with van der Waals surface area (Å²) in [6, 6.07) is 13.2. The molecule has 6 rings (SSSR count). The minimum atomic E-state index is -0.920. The van der Waals surface area contributed by atoms with Gasteiger partial charge < -0.3 is 53.5 Å². The number of piperazine rings is 1. The molecule has 0 amide bonds. The fraction of sp³-hybridized carbons (Fsp3) is 0.361. The van der Waals surface area contributed by atoms with Crippen molar-refractivity contribution in [2.45, 2.75) is 33.4 Å². The third kappa shape index (κ3) is 8.07. The number of aliphatic carboxylic acids is 1. The highest BCUT2D eigenvalue weighted by molar-refractivity contribution is 5.93. The fourth-order valence-corrected chi connectivity index (χ4v) is 6.22. The quantitative estimate of drug-likeness (QED) is 0.109. The third-order valence-electron chi connectivity index (χ3n) is 9.15. The summed E-state index contributed by atoms with van der Waals surface area (Å²) in [5, 5.41) is 21.8. The minimum absolute atomic E-state index is 0. The Morgan fingerprint density at radius 3 is 2.58 bits per heavy atom. The van der Waals surface area contributed by atoms with E-state index in [9.17, 15) is 9.59 Å². The number of aromatic nitrogens is 4. The van der Waals surface area contributed by atoms with Gasteiger partial charge in [0.2, 0.25) is 11.2 Å². The Kier molecular flexibility index (Phi) is 11.7. The van der Waals surface area contributed by atoms with Crippen molar-refractivity contribution < 1.29 is 47.3 Å². The van der Waals surface area contributed by atoms with Crippen molar-refractivity contribution in [3.05, 3.63) is 81.9 Å². The second kappa shape index (κ2) is 16.0. The van der Waals surface area contributed by atoms with Crippen LogP contribution in [0.3, 0.4) is 0 Å². The first kappa shape index (κ1) is 36.7. The number of anilines is 3. The maximum Gasteiger partial charge on any atom is 0.343 e. The number of pyridine rings is 1. The molecular formula is C36H42FIN8O4. The van der Waals surface area contributed by atoms with Crippen LogP contribution in [0.5, 0.6) is 0 Å². The molecule has 12 nitrogen and oxygen atoms in total. The van der Waals surface area contributed by atoms with Gasteiger partial charge in [-0.25, -0.2) is 9.18 Å². The van der Waals surface area contributed by atoms with Crippen LogP contribution in [0, 0.1) is 5.82 Å². The summed E-state index contributed by atoms with van der Waals surface area (Å²) >= 11 is 0. The zero-order chi connectivity index (χ0) is 34.7. The Labute approximate surface area is 306 Å². The second-order valence-electron chi connectivity index (χ2n) is 12.3. The largest absolute Gasteiger partial charge is 1.00 e. The van der Waals surface area contributed by atoms with E-state index in [-0.39, 0.29) is 43.5 Å². The fourth-order valence-electron chi connectivity index (χ4n) is 6.22. The molecule has 2 N–H and O–H groups in total. The molecule has 1 aliphatic rings. The van der Waals surface area contributed by atoms with Gasteiger partial charge >= 0.3 is 11.6 Å². The number of hydrogen-bond acceptors (Lipinski definition) is 9. The van der Waals surface area contributed by atoms with Crippen LogP contribution in [0.4, 0.5) is 21.5 Å². The van der Waals surface area contributed by atoms with Gasteiger partial charge in [0.15, 0.2) is 0 Å². The van der Waals surface area contributed by atoms with E-state index >= 15 is 4.39 Å². The molecule has 0 bridgehead atoms. The molecule has 4 heterocycles. The summed E-state index contributed by atoms with van der Waals surface area (Å²) < 4.78 is 24.9. The van der Waals surface area contributed by atoms with Gasteiger partial charge in [-0.3, -0.25) is 9.48 Å². The van der Waals surface area contributed by atoms with Crippen molar-refractivity contribution in [3.63, 3.8) is 0 Å². The van der Waals surface area contributed by atoms with E-state index in [1.165, 1.54) is 4.68 Å².